The number of rotatable bonds is 5. The van der Waals surface area contributed by atoms with Crippen LogP contribution in [-0.4, -0.2) is 28.3 Å². The monoisotopic (exact) mass is 368 g/mol. The summed E-state index contributed by atoms with van der Waals surface area (Å²) in [5.41, 5.74) is 0.701. The highest BCUT2D eigenvalue weighted by atomic mass is 32.2. The van der Waals surface area contributed by atoms with Crippen molar-refractivity contribution in [3.8, 4) is 11.6 Å². The molecule has 9 heteroatoms. The van der Waals surface area contributed by atoms with E-state index in [9.17, 15) is 16.5 Å². The Morgan fingerprint density at radius 2 is 2.08 bits per heavy atom. The van der Waals surface area contributed by atoms with Gasteiger partial charge >= 0.3 is 0 Å². The number of fused-ring (bicyclic) bond motifs is 1. The molecule has 126 valence electrons. The second kappa shape index (κ2) is 6.40. The highest BCUT2D eigenvalue weighted by molar-refractivity contribution is 7.91. The van der Waals surface area contributed by atoms with Crippen LogP contribution in [0.5, 0.6) is 0 Å². The SMILES string of the molecule is CCCS(=O)(=O)c1cccnc1-c1nc2cc(S(=O)F)ccc2o1. The molecular formula is C15H13FN2O4S2. The maximum atomic E-state index is 12.9. The molecule has 0 aliphatic heterocycles. The van der Waals surface area contributed by atoms with Gasteiger partial charge in [0.05, 0.1) is 15.5 Å². The van der Waals surface area contributed by atoms with Crippen LogP contribution in [0.3, 0.4) is 0 Å². The van der Waals surface area contributed by atoms with Crippen molar-refractivity contribution in [1.82, 2.24) is 9.97 Å². The zero-order valence-corrected chi connectivity index (χ0v) is 14.2. The van der Waals surface area contributed by atoms with E-state index in [1.165, 1.54) is 36.5 Å². The van der Waals surface area contributed by atoms with Crippen molar-refractivity contribution in [2.75, 3.05) is 5.75 Å². The standard InChI is InChI=1S/C15H13FN2O4S2/c1-2-8-24(20,21)13-4-3-7-17-14(13)15-18-11-9-10(23(16)19)5-6-12(11)22-15/h3-7,9H,2,8H2,1H3. The Kier molecular flexibility index (Phi) is 4.46. The van der Waals surface area contributed by atoms with Crippen LogP contribution in [0.2, 0.25) is 0 Å². The molecule has 24 heavy (non-hydrogen) atoms. The third kappa shape index (κ3) is 3.09. The van der Waals surface area contributed by atoms with Gasteiger partial charge in [0.2, 0.25) is 17.1 Å². The molecule has 0 saturated carbocycles. The van der Waals surface area contributed by atoms with Crippen LogP contribution in [0.15, 0.2) is 50.7 Å². The van der Waals surface area contributed by atoms with Crippen LogP contribution in [0, 0.1) is 0 Å². The molecule has 6 nitrogen and oxygen atoms in total. The number of pyridine rings is 1. The lowest BCUT2D eigenvalue weighted by Crippen LogP contribution is -2.08. The highest BCUT2D eigenvalue weighted by Gasteiger charge is 2.23. The summed E-state index contributed by atoms with van der Waals surface area (Å²) in [5.74, 6) is -0.00116. The molecule has 0 fully saturated rings. The molecule has 3 aromatic rings. The van der Waals surface area contributed by atoms with Gasteiger partial charge in [0.15, 0.2) is 15.4 Å². The zero-order valence-electron chi connectivity index (χ0n) is 12.6. The van der Waals surface area contributed by atoms with Crippen LogP contribution >= 0.6 is 0 Å². The molecule has 0 amide bonds. The summed E-state index contributed by atoms with van der Waals surface area (Å²) < 4.78 is 54.2. The molecule has 0 N–H and O–H groups in total. The first-order valence-electron chi connectivity index (χ1n) is 7.09. The van der Waals surface area contributed by atoms with E-state index in [0.717, 1.165) is 0 Å². The minimum atomic E-state index is -3.52. The molecule has 0 bridgehead atoms. The molecule has 3 rings (SSSR count). The van der Waals surface area contributed by atoms with Crippen LogP contribution in [0.25, 0.3) is 22.7 Å². The average Bonchev–Trinajstić information content (AvgIpc) is 2.97. The molecule has 0 spiro atoms. The quantitative estimate of drug-likeness (QED) is 0.643. The first kappa shape index (κ1) is 16.7. The summed E-state index contributed by atoms with van der Waals surface area (Å²) in [7, 11) is -3.52. The van der Waals surface area contributed by atoms with E-state index >= 15 is 0 Å². The average molecular weight is 368 g/mol. The largest absolute Gasteiger partial charge is 0.435 e. The van der Waals surface area contributed by atoms with E-state index < -0.39 is 21.0 Å². The first-order valence-corrected chi connectivity index (χ1v) is 9.79. The van der Waals surface area contributed by atoms with Crippen LogP contribution in [-0.2, 0) is 21.0 Å². The third-order valence-corrected chi connectivity index (χ3v) is 5.90. The van der Waals surface area contributed by atoms with Gasteiger partial charge in [0.1, 0.15) is 11.2 Å². The lowest BCUT2D eigenvalue weighted by molar-refractivity contribution is 0.590. The number of hydrogen-bond acceptors (Lipinski definition) is 6. The summed E-state index contributed by atoms with van der Waals surface area (Å²) >= 11 is -2.63. The van der Waals surface area contributed by atoms with Gasteiger partial charge in [0.25, 0.3) is 0 Å². The fourth-order valence-electron chi connectivity index (χ4n) is 2.29. The van der Waals surface area contributed by atoms with Gasteiger partial charge in [0, 0.05) is 6.20 Å². The van der Waals surface area contributed by atoms with Gasteiger partial charge in [-0.3, -0.25) is 0 Å². The van der Waals surface area contributed by atoms with Crippen LogP contribution < -0.4 is 0 Å². The number of oxazole rings is 1. The predicted octanol–water partition coefficient (Wildman–Crippen LogP) is 3.07. The molecular weight excluding hydrogens is 355 g/mol. The molecule has 2 aromatic heterocycles. The molecule has 1 aromatic carbocycles. The normalized spacial score (nSPS) is 13.2. The van der Waals surface area contributed by atoms with E-state index in [4.69, 9.17) is 4.42 Å². The number of sulfone groups is 1. The second-order valence-corrected chi connectivity index (χ2v) is 8.04. The first-order chi connectivity index (χ1) is 11.4. The van der Waals surface area contributed by atoms with E-state index in [-0.39, 0.29) is 32.6 Å². The number of nitrogens with zero attached hydrogens (tertiary/aromatic N) is 2. The zero-order chi connectivity index (χ0) is 17.3. The Balaban J connectivity index is 2.16. The third-order valence-electron chi connectivity index (χ3n) is 3.33. The lowest BCUT2D eigenvalue weighted by Gasteiger charge is -2.05. The molecule has 0 saturated heterocycles. The Morgan fingerprint density at radius 1 is 1.29 bits per heavy atom. The van der Waals surface area contributed by atoms with E-state index in [2.05, 4.69) is 9.97 Å². The van der Waals surface area contributed by atoms with E-state index in [0.29, 0.717) is 12.0 Å². The number of halogens is 1. The van der Waals surface area contributed by atoms with E-state index in [1.807, 2.05) is 0 Å². The fourth-order valence-corrected chi connectivity index (χ4v) is 4.15. The minimum absolute atomic E-state index is 0.0158. The predicted molar refractivity (Wildman–Crippen MR) is 87.1 cm³/mol. The lowest BCUT2D eigenvalue weighted by atomic mass is 10.3. The van der Waals surface area contributed by atoms with Crippen molar-refractivity contribution >= 4 is 32.1 Å². The maximum absolute atomic E-state index is 12.9. The molecule has 0 aliphatic carbocycles. The topological polar surface area (TPSA) is 90.1 Å². The van der Waals surface area contributed by atoms with Crippen LogP contribution in [0.4, 0.5) is 3.89 Å². The Morgan fingerprint density at radius 3 is 2.79 bits per heavy atom. The van der Waals surface area contributed by atoms with Gasteiger partial charge in [-0.05, 0) is 36.8 Å². The fraction of sp³-hybridized carbons (Fsp3) is 0.200. The summed E-state index contributed by atoms with van der Waals surface area (Å²) in [5, 5.41) is 0. The number of aromatic nitrogens is 2. The van der Waals surface area contributed by atoms with Gasteiger partial charge in [-0.1, -0.05) is 6.92 Å². The summed E-state index contributed by atoms with van der Waals surface area (Å²) in [4.78, 5) is 8.24. The van der Waals surface area contributed by atoms with Crippen molar-refractivity contribution in [3.05, 3.63) is 36.5 Å². The Hall–Kier alpha value is -2.13. The van der Waals surface area contributed by atoms with Gasteiger partial charge in [-0.2, -0.15) is 0 Å². The van der Waals surface area contributed by atoms with Crippen molar-refractivity contribution < 1.29 is 20.9 Å². The smallest absolute Gasteiger partial charge is 0.247 e. The Labute approximate surface area is 140 Å². The van der Waals surface area contributed by atoms with Crippen molar-refractivity contribution in [2.45, 2.75) is 23.1 Å². The van der Waals surface area contributed by atoms with Crippen molar-refractivity contribution in [2.24, 2.45) is 0 Å². The highest BCUT2D eigenvalue weighted by Crippen LogP contribution is 2.29. The summed E-state index contributed by atoms with van der Waals surface area (Å²) in [6, 6.07) is 7.02. The summed E-state index contributed by atoms with van der Waals surface area (Å²) in [6.45, 7) is 1.77. The number of hydrogen-bond donors (Lipinski definition) is 0. The van der Waals surface area contributed by atoms with Crippen molar-refractivity contribution in [1.29, 1.82) is 0 Å². The molecule has 1 atom stereocenters. The van der Waals surface area contributed by atoms with E-state index in [1.54, 1.807) is 6.92 Å². The summed E-state index contributed by atoms with van der Waals surface area (Å²) in [6.07, 6.45) is 1.91. The Bertz CT molecular complexity index is 1030. The van der Waals surface area contributed by atoms with Crippen molar-refractivity contribution in [3.63, 3.8) is 0 Å². The van der Waals surface area contributed by atoms with Crippen LogP contribution in [0.1, 0.15) is 13.3 Å². The number of benzene rings is 1. The second-order valence-electron chi connectivity index (χ2n) is 5.04. The maximum Gasteiger partial charge on any atom is 0.247 e. The van der Waals surface area contributed by atoms with Gasteiger partial charge < -0.3 is 4.42 Å². The molecule has 0 aliphatic rings. The van der Waals surface area contributed by atoms with Gasteiger partial charge in [-0.25, -0.2) is 22.6 Å². The molecule has 1 unspecified atom stereocenters. The van der Waals surface area contributed by atoms with Gasteiger partial charge in [-0.15, -0.1) is 3.89 Å². The molecule has 2 heterocycles. The minimum Gasteiger partial charge on any atom is -0.435 e. The molecule has 0 radical (unpaired) electrons.